The van der Waals surface area contributed by atoms with Gasteiger partial charge in [-0.15, -0.1) is 0 Å². The fourth-order valence-corrected chi connectivity index (χ4v) is 2.50. The van der Waals surface area contributed by atoms with Crippen molar-refractivity contribution in [1.29, 1.82) is 5.26 Å². The quantitative estimate of drug-likeness (QED) is 0.861. The van der Waals surface area contributed by atoms with E-state index in [9.17, 15) is 0 Å². The number of hydrogen-bond acceptors (Lipinski definition) is 3. The lowest BCUT2D eigenvalue weighted by atomic mass is 9.87. The fourth-order valence-electron chi connectivity index (χ4n) is 2.50. The van der Waals surface area contributed by atoms with Gasteiger partial charge in [-0.2, -0.15) is 5.26 Å². The minimum Gasteiger partial charge on any atom is -0.385 e. The van der Waals surface area contributed by atoms with Gasteiger partial charge in [0.25, 0.3) is 0 Å². The van der Waals surface area contributed by atoms with Crippen LogP contribution in [0.5, 0.6) is 0 Å². The van der Waals surface area contributed by atoms with Gasteiger partial charge in [0.15, 0.2) is 0 Å². The zero-order valence-corrected chi connectivity index (χ0v) is 10.2. The first-order chi connectivity index (χ1) is 8.38. The summed E-state index contributed by atoms with van der Waals surface area (Å²) in [6, 6.07) is 5.78. The van der Waals surface area contributed by atoms with Gasteiger partial charge in [-0.1, -0.05) is 32.1 Å². The molecule has 0 unspecified atom stereocenters. The maximum atomic E-state index is 8.75. The van der Waals surface area contributed by atoms with E-state index in [0.717, 1.165) is 18.2 Å². The van der Waals surface area contributed by atoms with Crippen LogP contribution < -0.4 is 5.32 Å². The van der Waals surface area contributed by atoms with Crippen LogP contribution in [0.2, 0.25) is 0 Å². The van der Waals surface area contributed by atoms with E-state index in [4.69, 9.17) is 5.26 Å². The van der Waals surface area contributed by atoms with Crippen molar-refractivity contribution in [2.24, 2.45) is 5.92 Å². The first-order valence-corrected chi connectivity index (χ1v) is 6.48. The minimum absolute atomic E-state index is 0.479. The van der Waals surface area contributed by atoms with Gasteiger partial charge >= 0.3 is 0 Å². The van der Waals surface area contributed by atoms with E-state index in [0.29, 0.717) is 5.69 Å². The van der Waals surface area contributed by atoms with Crippen LogP contribution in [0.1, 0.15) is 44.2 Å². The van der Waals surface area contributed by atoms with E-state index in [-0.39, 0.29) is 0 Å². The Balaban J connectivity index is 1.75. The Kier molecular flexibility index (Phi) is 4.37. The molecule has 0 aliphatic heterocycles. The van der Waals surface area contributed by atoms with Gasteiger partial charge in [0.05, 0.1) is 0 Å². The lowest BCUT2D eigenvalue weighted by Crippen LogP contribution is -2.12. The van der Waals surface area contributed by atoms with Crippen molar-refractivity contribution in [1.82, 2.24) is 4.98 Å². The Morgan fingerprint density at radius 1 is 1.35 bits per heavy atom. The van der Waals surface area contributed by atoms with E-state index < -0.39 is 0 Å². The summed E-state index contributed by atoms with van der Waals surface area (Å²) < 4.78 is 0. The summed E-state index contributed by atoms with van der Waals surface area (Å²) in [6.07, 6.45) is 9.92. The topological polar surface area (TPSA) is 48.7 Å². The fraction of sp³-hybridized carbons (Fsp3) is 0.571. The van der Waals surface area contributed by atoms with Crippen molar-refractivity contribution < 1.29 is 0 Å². The minimum atomic E-state index is 0.479. The number of nitriles is 1. The Morgan fingerprint density at radius 2 is 2.18 bits per heavy atom. The summed E-state index contributed by atoms with van der Waals surface area (Å²) in [5.41, 5.74) is 1.49. The van der Waals surface area contributed by atoms with Crippen molar-refractivity contribution in [2.45, 2.75) is 38.5 Å². The number of hydrogen-bond donors (Lipinski definition) is 1. The van der Waals surface area contributed by atoms with Crippen LogP contribution in [0, 0.1) is 17.2 Å². The molecular weight excluding hydrogens is 210 g/mol. The third-order valence-corrected chi connectivity index (χ3v) is 3.48. The van der Waals surface area contributed by atoms with Crippen molar-refractivity contribution in [3.8, 4) is 6.07 Å². The van der Waals surface area contributed by atoms with Crippen LogP contribution in [0.25, 0.3) is 0 Å². The van der Waals surface area contributed by atoms with Gasteiger partial charge in [-0.3, -0.25) is 0 Å². The van der Waals surface area contributed by atoms with Crippen molar-refractivity contribution in [2.75, 3.05) is 11.9 Å². The summed E-state index contributed by atoms with van der Waals surface area (Å²) in [5.74, 6) is 0.897. The first-order valence-electron chi connectivity index (χ1n) is 6.48. The molecule has 0 radical (unpaired) electrons. The summed E-state index contributed by atoms with van der Waals surface area (Å²) in [4.78, 5) is 3.95. The summed E-state index contributed by atoms with van der Waals surface area (Å²) in [6.45, 7) is 1.000. The average molecular weight is 229 g/mol. The number of pyridine rings is 1. The van der Waals surface area contributed by atoms with E-state index in [1.165, 1.54) is 38.5 Å². The molecule has 1 aromatic heterocycles. The number of anilines is 1. The molecule has 17 heavy (non-hydrogen) atoms. The standard InChI is InChI=1S/C14H19N3/c15-11-14-10-13(7-9-17-14)16-8-6-12-4-2-1-3-5-12/h7,9-10,12H,1-6,8H2,(H,16,17). The van der Waals surface area contributed by atoms with Gasteiger partial charge in [-0.25, -0.2) is 4.98 Å². The lowest BCUT2D eigenvalue weighted by molar-refractivity contribution is 0.345. The van der Waals surface area contributed by atoms with Gasteiger partial charge < -0.3 is 5.32 Å². The highest BCUT2D eigenvalue weighted by atomic mass is 14.9. The second-order valence-corrected chi connectivity index (χ2v) is 4.76. The molecule has 1 saturated carbocycles. The van der Waals surface area contributed by atoms with E-state index in [1.54, 1.807) is 12.3 Å². The summed E-state index contributed by atoms with van der Waals surface area (Å²) in [7, 11) is 0. The summed E-state index contributed by atoms with van der Waals surface area (Å²) >= 11 is 0. The highest BCUT2D eigenvalue weighted by Crippen LogP contribution is 2.26. The second-order valence-electron chi connectivity index (χ2n) is 4.76. The Hall–Kier alpha value is -1.56. The zero-order chi connectivity index (χ0) is 11.9. The third kappa shape index (κ3) is 3.74. The molecule has 0 saturated heterocycles. The van der Waals surface area contributed by atoms with E-state index in [1.807, 2.05) is 6.07 Å². The summed E-state index contributed by atoms with van der Waals surface area (Å²) in [5, 5.41) is 12.1. The maximum Gasteiger partial charge on any atom is 0.142 e. The Morgan fingerprint density at radius 3 is 2.94 bits per heavy atom. The molecular formula is C14H19N3. The second kappa shape index (κ2) is 6.24. The molecule has 90 valence electrons. The van der Waals surface area contributed by atoms with Crippen LogP contribution in [-0.2, 0) is 0 Å². The van der Waals surface area contributed by atoms with Crippen LogP contribution in [-0.4, -0.2) is 11.5 Å². The van der Waals surface area contributed by atoms with E-state index >= 15 is 0 Å². The highest BCUT2D eigenvalue weighted by Gasteiger charge is 2.12. The van der Waals surface area contributed by atoms with Crippen molar-refractivity contribution in [3.63, 3.8) is 0 Å². The lowest BCUT2D eigenvalue weighted by Gasteiger charge is -2.21. The highest BCUT2D eigenvalue weighted by molar-refractivity contribution is 5.45. The average Bonchev–Trinajstić information content (AvgIpc) is 2.40. The zero-order valence-electron chi connectivity index (χ0n) is 10.2. The Bertz CT molecular complexity index is 389. The molecule has 0 aromatic carbocycles. The van der Waals surface area contributed by atoms with E-state index in [2.05, 4.69) is 16.4 Å². The predicted molar refractivity (Wildman–Crippen MR) is 68.6 cm³/mol. The SMILES string of the molecule is N#Cc1cc(NCCC2CCCCC2)ccn1. The smallest absolute Gasteiger partial charge is 0.142 e. The van der Waals surface area contributed by atoms with Crippen LogP contribution >= 0.6 is 0 Å². The Labute approximate surface area is 103 Å². The molecule has 1 aliphatic rings. The van der Waals surface area contributed by atoms with Crippen molar-refractivity contribution in [3.05, 3.63) is 24.0 Å². The molecule has 3 nitrogen and oxygen atoms in total. The van der Waals surface area contributed by atoms with Gasteiger partial charge in [0.2, 0.25) is 0 Å². The molecule has 0 bridgehead atoms. The van der Waals surface area contributed by atoms with Crippen LogP contribution in [0.4, 0.5) is 5.69 Å². The number of nitrogens with one attached hydrogen (secondary N) is 1. The molecule has 3 heteroatoms. The number of nitrogens with zero attached hydrogens (tertiary/aromatic N) is 2. The first kappa shape index (κ1) is 11.9. The van der Waals surface area contributed by atoms with Crippen molar-refractivity contribution >= 4 is 5.69 Å². The number of aromatic nitrogens is 1. The van der Waals surface area contributed by atoms with Gasteiger partial charge in [0.1, 0.15) is 11.8 Å². The third-order valence-electron chi connectivity index (χ3n) is 3.48. The molecule has 1 heterocycles. The predicted octanol–water partition coefficient (Wildman–Crippen LogP) is 3.34. The van der Waals surface area contributed by atoms with Gasteiger partial charge in [0, 0.05) is 18.4 Å². The molecule has 2 rings (SSSR count). The molecule has 1 aliphatic carbocycles. The molecule has 1 fully saturated rings. The number of rotatable bonds is 4. The van der Waals surface area contributed by atoms with Crippen LogP contribution in [0.15, 0.2) is 18.3 Å². The maximum absolute atomic E-state index is 8.75. The molecule has 0 atom stereocenters. The molecule has 0 spiro atoms. The monoisotopic (exact) mass is 229 g/mol. The van der Waals surface area contributed by atoms with Gasteiger partial charge in [-0.05, 0) is 24.5 Å². The van der Waals surface area contributed by atoms with Crippen LogP contribution in [0.3, 0.4) is 0 Å². The molecule has 1 N–H and O–H groups in total. The molecule has 0 amide bonds. The molecule has 1 aromatic rings. The largest absolute Gasteiger partial charge is 0.385 e. The normalized spacial score (nSPS) is 16.4.